The first-order valence-electron chi connectivity index (χ1n) is 8.44. The molecule has 4 heteroatoms. The third-order valence-corrected chi connectivity index (χ3v) is 5.00. The molecular weight excluding hydrogens is 278 g/mol. The van der Waals surface area contributed by atoms with Crippen molar-refractivity contribution in [2.75, 3.05) is 32.9 Å². The van der Waals surface area contributed by atoms with Crippen LogP contribution in [0.5, 0.6) is 5.75 Å². The van der Waals surface area contributed by atoms with Crippen LogP contribution in [-0.4, -0.2) is 55.1 Å². The average molecular weight is 305 g/mol. The number of aryl methyl sites for hydroxylation is 1. The number of para-hydroxylation sites is 1. The summed E-state index contributed by atoms with van der Waals surface area (Å²) in [6.07, 6.45) is 2.93. The third-order valence-electron chi connectivity index (χ3n) is 5.00. The molecule has 0 spiro atoms. The predicted molar refractivity (Wildman–Crippen MR) is 86.2 cm³/mol. The van der Waals surface area contributed by atoms with Crippen molar-refractivity contribution in [3.8, 4) is 5.75 Å². The number of hydrogen-bond donors (Lipinski definition) is 1. The highest BCUT2D eigenvalue weighted by molar-refractivity contribution is 5.31. The minimum absolute atomic E-state index is 0.211. The molecule has 0 saturated carbocycles. The molecule has 0 bridgehead atoms. The lowest BCUT2D eigenvalue weighted by atomic mass is 9.89. The van der Waals surface area contributed by atoms with Gasteiger partial charge in [0.15, 0.2) is 0 Å². The standard InChI is InChI=1S/C18H27NO3/c1-14-5-2-3-7-18(14)22-12-10-19-9-4-6-16(19)15-13-21-11-8-17(15)20/h2-3,5,7,15-17,20H,4,6,8-13H2,1H3/t15-,16-,17-/m1/s1. The Balaban J connectivity index is 1.52. The molecule has 0 aliphatic carbocycles. The Morgan fingerprint density at radius 2 is 2.18 bits per heavy atom. The van der Waals surface area contributed by atoms with Gasteiger partial charge >= 0.3 is 0 Å². The zero-order chi connectivity index (χ0) is 15.4. The van der Waals surface area contributed by atoms with Gasteiger partial charge in [0.05, 0.1) is 12.7 Å². The highest BCUT2D eigenvalue weighted by atomic mass is 16.5. The number of benzene rings is 1. The van der Waals surface area contributed by atoms with Crippen molar-refractivity contribution in [2.45, 2.75) is 38.3 Å². The van der Waals surface area contributed by atoms with E-state index in [1.807, 2.05) is 18.2 Å². The van der Waals surface area contributed by atoms with Crippen LogP contribution in [0.1, 0.15) is 24.8 Å². The molecular formula is C18H27NO3. The normalized spacial score (nSPS) is 29.6. The second-order valence-corrected chi connectivity index (χ2v) is 6.45. The molecule has 122 valence electrons. The summed E-state index contributed by atoms with van der Waals surface area (Å²) >= 11 is 0. The Labute approximate surface area is 133 Å². The Morgan fingerprint density at radius 3 is 3.00 bits per heavy atom. The molecule has 22 heavy (non-hydrogen) atoms. The maximum absolute atomic E-state index is 10.2. The van der Waals surface area contributed by atoms with Gasteiger partial charge < -0.3 is 14.6 Å². The third kappa shape index (κ3) is 3.62. The van der Waals surface area contributed by atoms with E-state index in [1.165, 1.54) is 12.0 Å². The maximum atomic E-state index is 10.2. The lowest BCUT2D eigenvalue weighted by Crippen LogP contribution is -2.47. The van der Waals surface area contributed by atoms with E-state index in [1.54, 1.807) is 0 Å². The molecule has 3 atom stereocenters. The maximum Gasteiger partial charge on any atom is 0.122 e. The van der Waals surface area contributed by atoms with E-state index in [2.05, 4.69) is 17.9 Å². The van der Waals surface area contributed by atoms with Gasteiger partial charge in [-0.2, -0.15) is 0 Å². The van der Waals surface area contributed by atoms with Gasteiger partial charge in [-0.15, -0.1) is 0 Å². The lowest BCUT2D eigenvalue weighted by Gasteiger charge is -2.37. The fourth-order valence-electron chi connectivity index (χ4n) is 3.72. The van der Waals surface area contributed by atoms with E-state index in [4.69, 9.17) is 9.47 Å². The summed E-state index contributed by atoms with van der Waals surface area (Å²) in [4.78, 5) is 2.47. The highest BCUT2D eigenvalue weighted by Gasteiger charge is 2.37. The van der Waals surface area contributed by atoms with Gasteiger partial charge in [-0.1, -0.05) is 18.2 Å². The predicted octanol–water partition coefficient (Wildman–Crippen LogP) is 2.24. The average Bonchev–Trinajstić information content (AvgIpc) is 2.98. The fraction of sp³-hybridized carbons (Fsp3) is 0.667. The Bertz CT molecular complexity index is 479. The summed E-state index contributed by atoms with van der Waals surface area (Å²) in [6, 6.07) is 8.58. The van der Waals surface area contributed by atoms with Crippen molar-refractivity contribution in [1.82, 2.24) is 4.90 Å². The van der Waals surface area contributed by atoms with Gasteiger partial charge in [-0.25, -0.2) is 0 Å². The first-order valence-corrected chi connectivity index (χ1v) is 8.44. The van der Waals surface area contributed by atoms with E-state index in [0.717, 1.165) is 31.7 Å². The fourth-order valence-corrected chi connectivity index (χ4v) is 3.72. The van der Waals surface area contributed by atoms with Crippen LogP contribution in [0.2, 0.25) is 0 Å². The van der Waals surface area contributed by atoms with Crippen LogP contribution in [0.4, 0.5) is 0 Å². The summed E-state index contributed by atoms with van der Waals surface area (Å²) in [7, 11) is 0. The lowest BCUT2D eigenvalue weighted by molar-refractivity contribution is -0.0634. The molecule has 2 heterocycles. The van der Waals surface area contributed by atoms with Crippen molar-refractivity contribution in [3.05, 3.63) is 29.8 Å². The molecule has 4 nitrogen and oxygen atoms in total. The molecule has 1 aromatic rings. The number of aliphatic hydroxyl groups excluding tert-OH is 1. The summed E-state index contributed by atoms with van der Waals surface area (Å²) in [5.41, 5.74) is 1.18. The van der Waals surface area contributed by atoms with Crippen molar-refractivity contribution in [1.29, 1.82) is 0 Å². The van der Waals surface area contributed by atoms with E-state index >= 15 is 0 Å². The van der Waals surface area contributed by atoms with E-state index in [-0.39, 0.29) is 12.0 Å². The molecule has 1 N–H and O–H groups in total. The van der Waals surface area contributed by atoms with E-state index in [9.17, 15) is 5.11 Å². The molecule has 2 saturated heterocycles. The summed E-state index contributed by atoms with van der Waals surface area (Å²) in [5.74, 6) is 1.23. The van der Waals surface area contributed by atoms with Crippen LogP contribution < -0.4 is 4.74 Å². The van der Waals surface area contributed by atoms with Gasteiger partial charge in [0.2, 0.25) is 0 Å². The molecule has 0 aromatic heterocycles. The highest BCUT2D eigenvalue weighted by Crippen LogP contribution is 2.29. The van der Waals surface area contributed by atoms with Crippen LogP contribution in [0.15, 0.2) is 24.3 Å². The number of ether oxygens (including phenoxy) is 2. The van der Waals surface area contributed by atoms with Crippen molar-refractivity contribution < 1.29 is 14.6 Å². The molecule has 2 aliphatic heterocycles. The Kier molecular flexibility index (Phi) is 5.34. The quantitative estimate of drug-likeness (QED) is 0.906. The van der Waals surface area contributed by atoms with Gasteiger partial charge in [-0.05, 0) is 44.4 Å². The Hall–Kier alpha value is -1.10. The van der Waals surface area contributed by atoms with Crippen molar-refractivity contribution in [2.24, 2.45) is 5.92 Å². The minimum atomic E-state index is -0.211. The van der Waals surface area contributed by atoms with Gasteiger partial charge in [-0.3, -0.25) is 4.90 Å². The van der Waals surface area contributed by atoms with E-state index in [0.29, 0.717) is 25.9 Å². The minimum Gasteiger partial charge on any atom is -0.492 e. The molecule has 2 fully saturated rings. The number of hydrogen-bond acceptors (Lipinski definition) is 4. The largest absolute Gasteiger partial charge is 0.492 e. The topological polar surface area (TPSA) is 41.9 Å². The van der Waals surface area contributed by atoms with Crippen LogP contribution in [0, 0.1) is 12.8 Å². The molecule has 0 unspecified atom stereocenters. The number of aliphatic hydroxyl groups is 1. The zero-order valence-corrected chi connectivity index (χ0v) is 13.4. The monoisotopic (exact) mass is 305 g/mol. The second-order valence-electron chi connectivity index (χ2n) is 6.45. The van der Waals surface area contributed by atoms with Crippen molar-refractivity contribution >= 4 is 0 Å². The van der Waals surface area contributed by atoms with Gasteiger partial charge in [0.25, 0.3) is 0 Å². The molecule has 0 amide bonds. The number of rotatable bonds is 5. The summed E-state index contributed by atoms with van der Waals surface area (Å²) in [5, 5.41) is 10.2. The Morgan fingerprint density at radius 1 is 1.32 bits per heavy atom. The smallest absolute Gasteiger partial charge is 0.122 e. The van der Waals surface area contributed by atoms with Crippen LogP contribution >= 0.6 is 0 Å². The van der Waals surface area contributed by atoms with Crippen LogP contribution in [-0.2, 0) is 4.74 Å². The van der Waals surface area contributed by atoms with Crippen LogP contribution in [0.3, 0.4) is 0 Å². The molecule has 3 rings (SSSR count). The zero-order valence-electron chi connectivity index (χ0n) is 13.4. The SMILES string of the molecule is Cc1ccccc1OCCN1CCC[C@@H]1[C@H]1COCC[C@H]1O. The van der Waals surface area contributed by atoms with Crippen molar-refractivity contribution in [3.63, 3.8) is 0 Å². The van der Waals surface area contributed by atoms with E-state index < -0.39 is 0 Å². The van der Waals surface area contributed by atoms with Gasteiger partial charge in [0, 0.05) is 25.1 Å². The first-order chi connectivity index (χ1) is 10.8. The first kappa shape index (κ1) is 15.8. The number of likely N-dealkylation sites (tertiary alicyclic amines) is 1. The number of nitrogens with zero attached hydrogens (tertiary/aromatic N) is 1. The second kappa shape index (κ2) is 7.44. The molecule has 2 aliphatic rings. The van der Waals surface area contributed by atoms with Gasteiger partial charge in [0.1, 0.15) is 12.4 Å². The van der Waals surface area contributed by atoms with Crippen LogP contribution in [0.25, 0.3) is 0 Å². The molecule has 0 radical (unpaired) electrons. The summed E-state index contributed by atoms with van der Waals surface area (Å²) in [6.45, 7) is 6.18. The molecule has 1 aromatic carbocycles. The summed E-state index contributed by atoms with van der Waals surface area (Å²) < 4.78 is 11.5.